The van der Waals surface area contributed by atoms with Crippen molar-refractivity contribution in [3.63, 3.8) is 0 Å². The molecule has 3 rings (SSSR count). The van der Waals surface area contributed by atoms with Gasteiger partial charge in [0.05, 0.1) is 23.5 Å². The van der Waals surface area contributed by atoms with E-state index in [1.165, 1.54) is 19.2 Å². The molecule has 0 saturated carbocycles. The minimum Gasteiger partial charge on any atom is -0.504 e. The highest BCUT2D eigenvalue weighted by molar-refractivity contribution is 6.31. The van der Waals surface area contributed by atoms with Gasteiger partial charge in [0.25, 0.3) is 0 Å². The van der Waals surface area contributed by atoms with Crippen LogP contribution >= 0.6 is 11.6 Å². The minimum absolute atomic E-state index is 0.0235. The van der Waals surface area contributed by atoms with Crippen LogP contribution in [-0.4, -0.2) is 24.2 Å². The second-order valence-corrected chi connectivity index (χ2v) is 5.50. The molecule has 0 fully saturated rings. The zero-order valence-corrected chi connectivity index (χ0v) is 13.3. The standard InChI is InChI=1S/C16H15ClFN3O2/c1-8-19-12-7-14(23-2)13(22)6-9(12)16(20-8)21-11-5-3-4-10(17)15(11)18/h3-8,19,22H,1-2H3,(H,20,21). The van der Waals surface area contributed by atoms with Crippen molar-refractivity contribution in [2.75, 3.05) is 17.7 Å². The molecule has 1 unspecified atom stereocenters. The van der Waals surface area contributed by atoms with Gasteiger partial charge in [-0.2, -0.15) is 0 Å². The third-order valence-electron chi connectivity index (χ3n) is 3.47. The van der Waals surface area contributed by atoms with Crippen molar-refractivity contribution in [2.24, 2.45) is 4.99 Å². The number of aromatic hydroxyl groups is 1. The highest BCUT2D eigenvalue weighted by Crippen LogP contribution is 2.35. The zero-order chi connectivity index (χ0) is 16.6. The van der Waals surface area contributed by atoms with Gasteiger partial charge in [0, 0.05) is 11.6 Å². The van der Waals surface area contributed by atoms with Crippen LogP contribution in [0.1, 0.15) is 12.5 Å². The number of phenolic OH excluding ortho intramolecular Hbond substituents is 1. The highest BCUT2D eigenvalue weighted by atomic mass is 35.5. The topological polar surface area (TPSA) is 65.9 Å². The number of phenols is 1. The summed E-state index contributed by atoms with van der Waals surface area (Å²) in [5.41, 5.74) is 1.56. The molecule has 3 N–H and O–H groups in total. The Morgan fingerprint density at radius 3 is 2.91 bits per heavy atom. The molecule has 0 saturated heterocycles. The summed E-state index contributed by atoms with van der Waals surface area (Å²) in [4.78, 5) is 4.42. The number of hydrogen-bond acceptors (Lipinski definition) is 5. The summed E-state index contributed by atoms with van der Waals surface area (Å²) in [6, 6.07) is 7.87. The number of nitrogens with zero attached hydrogens (tertiary/aromatic N) is 1. The van der Waals surface area contributed by atoms with Crippen molar-refractivity contribution in [1.29, 1.82) is 0 Å². The zero-order valence-electron chi connectivity index (χ0n) is 12.5. The molecule has 1 atom stereocenters. The molecule has 0 spiro atoms. The van der Waals surface area contributed by atoms with Crippen molar-refractivity contribution in [2.45, 2.75) is 13.1 Å². The molecule has 0 aliphatic carbocycles. The van der Waals surface area contributed by atoms with Gasteiger partial charge in [-0.3, -0.25) is 0 Å². The van der Waals surface area contributed by atoms with Crippen LogP contribution in [0.25, 0.3) is 0 Å². The van der Waals surface area contributed by atoms with Gasteiger partial charge in [0.15, 0.2) is 17.3 Å². The van der Waals surface area contributed by atoms with E-state index in [0.29, 0.717) is 17.1 Å². The van der Waals surface area contributed by atoms with Gasteiger partial charge in [0.1, 0.15) is 12.0 Å². The second kappa shape index (κ2) is 5.96. The fourth-order valence-electron chi connectivity index (χ4n) is 2.40. The molecule has 0 radical (unpaired) electrons. The summed E-state index contributed by atoms with van der Waals surface area (Å²) in [7, 11) is 1.47. The van der Waals surface area contributed by atoms with Gasteiger partial charge in [-0.05, 0) is 25.1 Å². The minimum atomic E-state index is -0.553. The maximum absolute atomic E-state index is 14.1. The molecule has 1 heterocycles. The van der Waals surface area contributed by atoms with E-state index in [4.69, 9.17) is 16.3 Å². The number of aliphatic imine (C=N–C) groups is 1. The van der Waals surface area contributed by atoms with Crippen LogP contribution < -0.4 is 15.4 Å². The lowest BCUT2D eigenvalue weighted by Gasteiger charge is -2.25. The predicted molar refractivity (Wildman–Crippen MR) is 89.3 cm³/mol. The molecule has 120 valence electrons. The number of nitrogens with one attached hydrogen (secondary N) is 2. The number of amidine groups is 1. The Bertz CT molecular complexity index is 795. The third-order valence-corrected chi connectivity index (χ3v) is 3.76. The van der Waals surface area contributed by atoms with E-state index in [1.54, 1.807) is 18.2 Å². The molecule has 0 aromatic heterocycles. The summed E-state index contributed by atoms with van der Waals surface area (Å²) < 4.78 is 19.2. The number of ether oxygens (including phenoxy) is 1. The Morgan fingerprint density at radius 1 is 1.39 bits per heavy atom. The number of rotatable bonds is 2. The van der Waals surface area contributed by atoms with Gasteiger partial charge >= 0.3 is 0 Å². The average Bonchev–Trinajstić information content (AvgIpc) is 2.52. The molecule has 1 aliphatic rings. The van der Waals surface area contributed by atoms with Crippen LogP contribution in [-0.2, 0) is 0 Å². The molecule has 23 heavy (non-hydrogen) atoms. The maximum atomic E-state index is 14.1. The fourth-order valence-corrected chi connectivity index (χ4v) is 2.57. The van der Waals surface area contributed by atoms with Gasteiger partial charge in [0.2, 0.25) is 0 Å². The van der Waals surface area contributed by atoms with Gasteiger partial charge in [-0.25, -0.2) is 9.38 Å². The summed E-state index contributed by atoms with van der Waals surface area (Å²) in [6.45, 7) is 1.86. The Hall–Kier alpha value is -2.47. The first-order chi connectivity index (χ1) is 11.0. The Balaban J connectivity index is 2.03. The van der Waals surface area contributed by atoms with Crippen molar-refractivity contribution < 1.29 is 14.2 Å². The van der Waals surface area contributed by atoms with Gasteiger partial charge in [-0.15, -0.1) is 0 Å². The first kappa shape index (κ1) is 15.4. The van der Waals surface area contributed by atoms with Crippen molar-refractivity contribution in [3.8, 4) is 11.5 Å². The molecular weight excluding hydrogens is 321 g/mol. The molecule has 2 aromatic carbocycles. The lowest BCUT2D eigenvalue weighted by Crippen LogP contribution is -2.27. The van der Waals surface area contributed by atoms with Gasteiger partial charge < -0.3 is 20.5 Å². The second-order valence-electron chi connectivity index (χ2n) is 5.09. The van der Waals surface area contributed by atoms with Crippen LogP contribution in [0.4, 0.5) is 15.8 Å². The number of anilines is 2. The Morgan fingerprint density at radius 2 is 2.17 bits per heavy atom. The molecule has 0 bridgehead atoms. The third kappa shape index (κ3) is 2.90. The normalized spacial score (nSPS) is 16.2. The molecule has 7 heteroatoms. The molecule has 1 aliphatic heterocycles. The van der Waals surface area contributed by atoms with Crippen LogP contribution in [0.2, 0.25) is 5.02 Å². The number of hydrogen-bond donors (Lipinski definition) is 3. The number of halogens is 2. The lowest BCUT2D eigenvalue weighted by atomic mass is 10.1. The SMILES string of the molecule is COc1cc2c(cc1O)C(Nc1cccc(Cl)c1F)=NC(C)N2. The smallest absolute Gasteiger partial charge is 0.165 e. The average molecular weight is 336 g/mol. The first-order valence-corrected chi connectivity index (χ1v) is 7.34. The molecule has 2 aromatic rings. The van der Waals surface area contributed by atoms with Crippen LogP contribution in [0.3, 0.4) is 0 Å². The summed E-state index contributed by atoms with van der Waals surface area (Å²) in [5.74, 6) is 0.204. The molecule has 0 amide bonds. The van der Waals surface area contributed by atoms with Crippen LogP contribution in [0, 0.1) is 5.82 Å². The monoisotopic (exact) mass is 335 g/mol. The van der Waals surface area contributed by atoms with Crippen LogP contribution in [0.15, 0.2) is 35.3 Å². The molecule has 5 nitrogen and oxygen atoms in total. The van der Waals surface area contributed by atoms with E-state index in [-0.39, 0.29) is 22.6 Å². The van der Waals surface area contributed by atoms with Crippen molar-refractivity contribution in [1.82, 2.24) is 0 Å². The summed E-state index contributed by atoms with van der Waals surface area (Å²) in [5, 5.41) is 16.1. The Labute approximate surface area is 137 Å². The maximum Gasteiger partial charge on any atom is 0.165 e. The van der Waals surface area contributed by atoms with Crippen molar-refractivity contribution >= 4 is 28.8 Å². The molecular formula is C16H15ClFN3O2. The Kier molecular flexibility index (Phi) is 4.00. The number of benzene rings is 2. The lowest BCUT2D eigenvalue weighted by molar-refractivity contribution is 0.373. The van der Waals surface area contributed by atoms with E-state index in [2.05, 4.69) is 15.6 Å². The first-order valence-electron chi connectivity index (χ1n) is 6.96. The van der Waals surface area contributed by atoms with Crippen LogP contribution in [0.5, 0.6) is 11.5 Å². The summed E-state index contributed by atoms with van der Waals surface area (Å²) in [6.07, 6.45) is -0.221. The number of methoxy groups -OCH3 is 1. The van der Waals surface area contributed by atoms with E-state index in [9.17, 15) is 9.50 Å². The summed E-state index contributed by atoms with van der Waals surface area (Å²) >= 11 is 5.80. The van der Waals surface area contributed by atoms with E-state index < -0.39 is 5.82 Å². The fraction of sp³-hybridized carbons (Fsp3) is 0.188. The largest absolute Gasteiger partial charge is 0.504 e. The van der Waals surface area contributed by atoms with E-state index in [0.717, 1.165) is 5.69 Å². The quantitative estimate of drug-likeness (QED) is 0.730. The van der Waals surface area contributed by atoms with Crippen molar-refractivity contribution in [3.05, 3.63) is 46.7 Å². The van der Waals surface area contributed by atoms with E-state index in [1.807, 2.05) is 6.92 Å². The van der Waals surface area contributed by atoms with Gasteiger partial charge in [-0.1, -0.05) is 17.7 Å². The highest BCUT2D eigenvalue weighted by Gasteiger charge is 2.21. The predicted octanol–water partition coefficient (Wildman–Crippen LogP) is 3.82. The number of fused-ring (bicyclic) bond motifs is 1. The van der Waals surface area contributed by atoms with E-state index >= 15 is 0 Å².